The van der Waals surface area contributed by atoms with Crippen LogP contribution in [0.15, 0.2) is 71.5 Å². The summed E-state index contributed by atoms with van der Waals surface area (Å²) in [5.74, 6) is 1.37. The second-order valence-corrected chi connectivity index (χ2v) is 7.48. The highest BCUT2D eigenvalue weighted by Gasteiger charge is 2.18. The van der Waals surface area contributed by atoms with E-state index in [1.54, 1.807) is 62.8 Å². The van der Waals surface area contributed by atoms with E-state index in [-0.39, 0.29) is 17.2 Å². The second kappa shape index (κ2) is 10.1. The van der Waals surface area contributed by atoms with E-state index in [1.807, 2.05) is 18.2 Å². The first-order chi connectivity index (χ1) is 16.6. The van der Waals surface area contributed by atoms with E-state index in [0.29, 0.717) is 46.7 Å². The van der Waals surface area contributed by atoms with Crippen molar-refractivity contribution in [3.8, 4) is 22.9 Å². The molecule has 174 valence electrons. The number of rotatable bonds is 8. The molecule has 0 aliphatic rings. The quantitative estimate of drug-likeness (QED) is 0.434. The van der Waals surface area contributed by atoms with Crippen molar-refractivity contribution in [1.82, 2.24) is 15.1 Å². The Kier molecular flexibility index (Phi) is 6.77. The van der Waals surface area contributed by atoms with E-state index in [9.17, 15) is 9.59 Å². The maximum absolute atomic E-state index is 13.2. The third-order valence-corrected chi connectivity index (χ3v) is 5.48. The fourth-order valence-electron chi connectivity index (χ4n) is 3.77. The summed E-state index contributed by atoms with van der Waals surface area (Å²) in [7, 11) is 4.68. The van der Waals surface area contributed by atoms with Crippen LogP contribution in [-0.2, 0) is 6.42 Å². The van der Waals surface area contributed by atoms with Crippen molar-refractivity contribution in [2.24, 2.45) is 0 Å². The summed E-state index contributed by atoms with van der Waals surface area (Å²) in [5.41, 5.74) is 1.27. The van der Waals surface area contributed by atoms with Gasteiger partial charge in [0, 0.05) is 11.9 Å². The lowest BCUT2D eigenvalue weighted by atomic mass is 10.1. The maximum atomic E-state index is 13.2. The highest BCUT2D eigenvalue weighted by Crippen LogP contribution is 2.27. The van der Waals surface area contributed by atoms with Gasteiger partial charge in [-0.15, -0.1) is 0 Å². The first-order valence-corrected chi connectivity index (χ1v) is 10.7. The Bertz CT molecular complexity index is 1400. The summed E-state index contributed by atoms with van der Waals surface area (Å²) in [6, 6.07) is 19.6. The van der Waals surface area contributed by atoms with Crippen LogP contribution in [0.25, 0.3) is 16.5 Å². The average Bonchev–Trinajstić information content (AvgIpc) is 2.88. The van der Waals surface area contributed by atoms with Crippen LogP contribution in [0.5, 0.6) is 17.2 Å². The molecule has 0 bridgehead atoms. The molecule has 8 nitrogen and oxygen atoms in total. The lowest BCUT2D eigenvalue weighted by molar-refractivity contribution is 0.0949. The minimum Gasteiger partial charge on any atom is -0.494 e. The normalized spacial score (nSPS) is 10.7. The Hall–Kier alpha value is -4.33. The Morgan fingerprint density at radius 3 is 2.26 bits per heavy atom. The van der Waals surface area contributed by atoms with Crippen LogP contribution in [0.4, 0.5) is 0 Å². The number of hydrogen-bond donors (Lipinski definition) is 1. The van der Waals surface area contributed by atoms with Crippen LogP contribution in [0, 0.1) is 0 Å². The Morgan fingerprint density at radius 2 is 1.53 bits per heavy atom. The number of ether oxygens (including phenoxy) is 3. The Balaban J connectivity index is 1.64. The number of methoxy groups -OCH3 is 3. The number of carbonyl (C=O) groups is 1. The van der Waals surface area contributed by atoms with Gasteiger partial charge < -0.3 is 19.5 Å². The molecule has 1 heterocycles. The number of benzene rings is 3. The van der Waals surface area contributed by atoms with Crippen LogP contribution < -0.4 is 25.1 Å². The van der Waals surface area contributed by atoms with Crippen LogP contribution >= 0.6 is 0 Å². The van der Waals surface area contributed by atoms with E-state index in [0.717, 1.165) is 5.56 Å². The van der Waals surface area contributed by atoms with Gasteiger partial charge in [0.1, 0.15) is 11.4 Å². The summed E-state index contributed by atoms with van der Waals surface area (Å²) in [4.78, 5) is 26.3. The van der Waals surface area contributed by atoms with Crippen LogP contribution in [0.2, 0.25) is 0 Å². The zero-order valence-corrected chi connectivity index (χ0v) is 19.2. The van der Waals surface area contributed by atoms with Crippen LogP contribution in [0.3, 0.4) is 0 Å². The summed E-state index contributed by atoms with van der Waals surface area (Å²) < 4.78 is 17.2. The highest BCUT2D eigenvalue weighted by atomic mass is 16.5. The van der Waals surface area contributed by atoms with Crippen molar-refractivity contribution in [1.29, 1.82) is 0 Å². The fraction of sp³-hybridized carbons (Fsp3) is 0.192. The molecule has 8 heteroatoms. The zero-order valence-electron chi connectivity index (χ0n) is 19.2. The van der Waals surface area contributed by atoms with Crippen molar-refractivity contribution in [2.75, 3.05) is 27.9 Å². The number of amides is 1. The van der Waals surface area contributed by atoms with Crippen molar-refractivity contribution < 1.29 is 19.0 Å². The maximum Gasteiger partial charge on any atom is 0.279 e. The van der Waals surface area contributed by atoms with Crippen LogP contribution in [-0.4, -0.2) is 43.6 Å². The predicted molar refractivity (Wildman–Crippen MR) is 129 cm³/mol. The van der Waals surface area contributed by atoms with E-state index >= 15 is 0 Å². The van der Waals surface area contributed by atoms with Crippen molar-refractivity contribution >= 4 is 16.7 Å². The summed E-state index contributed by atoms with van der Waals surface area (Å²) in [5, 5.41) is 8.23. The molecule has 0 atom stereocenters. The third kappa shape index (κ3) is 4.43. The Labute approximate surface area is 196 Å². The first kappa shape index (κ1) is 22.8. The number of nitrogens with zero attached hydrogens (tertiary/aromatic N) is 2. The zero-order chi connectivity index (χ0) is 24.1. The predicted octanol–water partition coefficient (Wildman–Crippen LogP) is 3.38. The number of fused-ring (bicyclic) bond motifs is 1. The topological polar surface area (TPSA) is 91.7 Å². The van der Waals surface area contributed by atoms with Crippen molar-refractivity contribution in [3.05, 3.63) is 88.3 Å². The number of hydrogen-bond acceptors (Lipinski definition) is 6. The van der Waals surface area contributed by atoms with E-state index in [1.165, 1.54) is 11.8 Å². The molecule has 1 aromatic heterocycles. The van der Waals surface area contributed by atoms with Gasteiger partial charge in [-0.25, -0.2) is 0 Å². The SMILES string of the molecule is COc1ccc(CCNC(=O)c2nn(-c3ccccc3OC)c(=O)c3ccccc23)cc1OC. The third-order valence-electron chi connectivity index (χ3n) is 5.48. The molecule has 0 radical (unpaired) electrons. The number of para-hydroxylation sites is 2. The molecule has 0 aliphatic carbocycles. The largest absolute Gasteiger partial charge is 0.494 e. The monoisotopic (exact) mass is 459 g/mol. The molecular formula is C26H25N3O5. The summed E-state index contributed by atoms with van der Waals surface area (Å²) in [6.07, 6.45) is 0.580. The molecule has 4 rings (SSSR count). The van der Waals surface area contributed by atoms with Crippen molar-refractivity contribution in [2.45, 2.75) is 6.42 Å². The van der Waals surface area contributed by atoms with E-state index in [4.69, 9.17) is 14.2 Å². The molecule has 1 amide bonds. The van der Waals surface area contributed by atoms with Gasteiger partial charge in [0.25, 0.3) is 11.5 Å². The molecule has 0 unspecified atom stereocenters. The summed E-state index contributed by atoms with van der Waals surface area (Å²) in [6.45, 7) is 0.373. The molecule has 0 spiro atoms. The van der Waals surface area contributed by atoms with Gasteiger partial charge >= 0.3 is 0 Å². The number of nitrogens with one attached hydrogen (secondary N) is 1. The standard InChI is InChI=1S/C26H25N3O5/c1-32-21-11-7-6-10-20(21)29-26(31)19-9-5-4-8-18(19)24(28-29)25(30)27-15-14-17-12-13-22(33-2)23(16-17)34-3/h4-13,16H,14-15H2,1-3H3,(H,27,30). The molecule has 0 saturated heterocycles. The minimum atomic E-state index is -0.375. The summed E-state index contributed by atoms with van der Waals surface area (Å²) >= 11 is 0. The van der Waals surface area contributed by atoms with Gasteiger partial charge in [0.05, 0.1) is 26.7 Å². The van der Waals surface area contributed by atoms with Gasteiger partial charge in [0.15, 0.2) is 17.2 Å². The van der Waals surface area contributed by atoms with E-state index in [2.05, 4.69) is 10.4 Å². The van der Waals surface area contributed by atoms with Crippen LogP contribution in [0.1, 0.15) is 16.1 Å². The second-order valence-electron chi connectivity index (χ2n) is 7.48. The molecule has 0 saturated carbocycles. The molecule has 1 N–H and O–H groups in total. The molecule has 0 aliphatic heterocycles. The smallest absolute Gasteiger partial charge is 0.279 e. The molecule has 0 fully saturated rings. The van der Waals surface area contributed by atoms with E-state index < -0.39 is 0 Å². The van der Waals surface area contributed by atoms with Gasteiger partial charge in [0.2, 0.25) is 0 Å². The number of carbonyl (C=O) groups excluding carboxylic acids is 1. The molecule has 4 aromatic rings. The van der Waals surface area contributed by atoms with Crippen molar-refractivity contribution in [3.63, 3.8) is 0 Å². The lowest BCUT2D eigenvalue weighted by Gasteiger charge is -2.14. The molecular weight excluding hydrogens is 434 g/mol. The number of aromatic nitrogens is 2. The minimum absolute atomic E-state index is 0.161. The van der Waals surface area contributed by atoms with Gasteiger partial charge in [-0.3, -0.25) is 9.59 Å². The van der Waals surface area contributed by atoms with Gasteiger partial charge in [-0.1, -0.05) is 36.4 Å². The first-order valence-electron chi connectivity index (χ1n) is 10.7. The fourth-order valence-corrected chi connectivity index (χ4v) is 3.77. The Morgan fingerprint density at radius 1 is 0.853 bits per heavy atom. The molecule has 3 aromatic carbocycles. The highest BCUT2D eigenvalue weighted by molar-refractivity contribution is 6.04. The van der Waals surface area contributed by atoms with Gasteiger partial charge in [-0.2, -0.15) is 9.78 Å². The average molecular weight is 460 g/mol. The van der Waals surface area contributed by atoms with Gasteiger partial charge in [-0.05, 0) is 42.3 Å². The molecule has 34 heavy (non-hydrogen) atoms. The lowest BCUT2D eigenvalue weighted by Crippen LogP contribution is -2.31.